The van der Waals surface area contributed by atoms with Gasteiger partial charge in [0.25, 0.3) is 0 Å². The molecule has 0 aliphatic carbocycles. The van der Waals surface area contributed by atoms with Crippen LogP contribution >= 0.6 is 0 Å². The minimum Gasteiger partial charge on any atom is -0.491 e. The van der Waals surface area contributed by atoms with Crippen LogP contribution < -0.4 is 20.7 Å². The molecule has 1 saturated heterocycles. The van der Waals surface area contributed by atoms with Gasteiger partial charge >= 0.3 is 0 Å². The molecule has 0 amide bonds. The van der Waals surface area contributed by atoms with Crippen molar-refractivity contribution in [2.24, 2.45) is 5.73 Å². The third-order valence-electron chi connectivity index (χ3n) is 4.15. The van der Waals surface area contributed by atoms with E-state index in [1.165, 1.54) is 16.8 Å². The molecule has 0 saturated carbocycles. The van der Waals surface area contributed by atoms with Crippen LogP contribution in [0.25, 0.3) is 0 Å². The second-order valence-corrected chi connectivity index (χ2v) is 5.73. The number of nitrogens with two attached hydrogens (primary N) is 1. The van der Waals surface area contributed by atoms with Gasteiger partial charge in [0.05, 0.1) is 0 Å². The molecule has 104 valence electrons. The van der Waals surface area contributed by atoms with Crippen LogP contribution in [0, 0.1) is 6.92 Å². The number of rotatable bonds is 1. The number of hydrogen-bond acceptors (Lipinski definition) is 4. The number of benzene rings is 1. The molecule has 2 heterocycles. The lowest BCUT2D eigenvalue weighted by Gasteiger charge is -2.39. The number of fused-ring (bicyclic) bond motifs is 1. The number of nitrogens with one attached hydrogen (secondary N) is 1. The van der Waals surface area contributed by atoms with Gasteiger partial charge in [0, 0.05) is 43.0 Å². The zero-order chi connectivity index (χ0) is 13.4. The van der Waals surface area contributed by atoms with Gasteiger partial charge < -0.3 is 20.7 Å². The number of ether oxygens (including phenoxy) is 1. The summed E-state index contributed by atoms with van der Waals surface area (Å²) in [5.74, 6) is 1.06. The Kier molecular flexibility index (Phi) is 3.37. The predicted molar refractivity (Wildman–Crippen MR) is 78.0 cm³/mol. The third kappa shape index (κ3) is 2.30. The molecule has 3 rings (SSSR count). The molecule has 1 fully saturated rings. The number of hydrogen-bond donors (Lipinski definition) is 2. The van der Waals surface area contributed by atoms with Gasteiger partial charge in [0.2, 0.25) is 0 Å². The average Bonchev–Trinajstić information content (AvgIpc) is 2.40. The molecule has 3 N–H and O–H groups in total. The molecule has 4 nitrogen and oxygen atoms in total. The first-order valence-electron chi connectivity index (χ1n) is 7.15. The van der Waals surface area contributed by atoms with E-state index in [9.17, 15) is 0 Å². The van der Waals surface area contributed by atoms with Gasteiger partial charge in [-0.3, -0.25) is 0 Å². The van der Waals surface area contributed by atoms with Gasteiger partial charge in [0.15, 0.2) is 0 Å². The fourth-order valence-electron chi connectivity index (χ4n) is 3.11. The SMILES string of the molecule is Cc1ccc(N2CCNCC2C)c2c1OCC(N)C2. The molecule has 2 aliphatic rings. The van der Waals surface area contributed by atoms with E-state index in [2.05, 4.69) is 36.2 Å². The summed E-state index contributed by atoms with van der Waals surface area (Å²) in [6.07, 6.45) is 0.920. The zero-order valence-electron chi connectivity index (χ0n) is 11.8. The molecule has 0 aromatic heterocycles. The zero-order valence-corrected chi connectivity index (χ0v) is 11.8. The first kappa shape index (κ1) is 12.8. The van der Waals surface area contributed by atoms with Gasteiger partial charge in [-0.05, 0) is 31.9 Å². The smallest absolute Gasteiger partial charge is 0.127 e. The van der Waals surface area contributed by atoms with Crippen molar-refractivity contribution in [3.63, 3.8) is 0 Å². The van der Waals surface area contributed by atoms with Gasteiger partial charge in [-0.2, -0.15) is 0 Å². The minimum absolute atomic E-state index is 0.117. The normalized spacial score (nSPS) is 26.8. The van der Waals surface area contributed by atoms with Crippen molar-refractivity contribution in [2.75, 3.05) is 31.1 Å². The molecule has 2 atom stereocenters. The number of anilines is 1. The highest BCUT2D eigenvalue weighted by Crippen LogP contribution is 2.37. The summed E-state index contributed by atoms with van der Waals surface area (Å²) in [5, 5.41) is 3.44. The fraction of sp³-hybridized carbons (Fsp3) is 0.600. The summed E-state index contributed by atoms with van der Waals surface area (Å²) in [7, 11) is 0. The molecule has 1 aromatic rings. The predicted octanol–water partition coefficient (Wildman–Crippen LogP) is 1.06. The van der Waals surface area contributed by atoms with Crippen molar-refractivity contribution < 1.29 is 4.74 Å². The average molecular weight is 261 g/mol. The highest BCUT2D eigenvalue weighted by atomic mass is 16.5. The molecule has 19 heavy (non-hydrogen) atoms. The standard InChI is InChI=1S/C15H23N3O/c1-10-3-4-14(18-6-5-17-8-11(18)2)13-7-12(16)9-19-15(10)13/h3-4,11-12,17H,5-9,16H2,1-2H3. The van der Waals surface area contributed by atoms with Crippen LogP contribution in [0.3, 0.4) is 0 Å². The first-order chi connectivity index (χ1) is 9.16. The van der Waals surface area contributed by atoms with Crippen LogP contribution in [0.4, 0.5) is 5.69 Å². The number of nitrogens with zero attached hydrogens (tertiary/aromatic N) is 1. The molecule has 0 spiro atoms. The van der Waals surface area contributed by atoms with Gasteiger partial charge in [0.1, 0.15) is 12.4 Å². The van der Waals surface area contributed by atoms with Gasteiger partial charge in [-0.25, -0.2) is 0 Å². The van der Waals surface area contributed by atoms with E-state index in [1.807, 2.05) is 0 Å². The van der Waals surface area contributed by atoms with Crippen LogP contribution in [0.15, 0.2) is 12.1 Å². The largest absolute Gasteiger partial charge is 0.491 e. The quantitative estimate of drug-likeness (QED) is 0.793. The first-order valence-corrected chi connectivity index (χ1v) is 7.15. The summed E-state index contributed by atoms with van der Waals surface area (Å²) < 4.78 is 5.87. The summed E-state index contributed by atoms with van der Waals surface area (Å²) in [6.45, 7) is 8.14. The van der Waals surface area contributed by atoms with Crippen LogP contribution in [0.5, 0.6) is 5.75 Å². The second kappa shape index (κ2) is 5.02. The maximum absolute atomic E-state index is 6.08. The Morgan fingerprint density at radius 3 is 3.05 bits per heavy atom. The van der Waals surface area contributed by atoms with E-state index >= 15 is 0 Å². The lowest BCUT2D eigenvalue weighted by Crippen LogP contribution is -2.50. The maximum atomic E-state index is 6.08. The number of aryl methyl sites for hydroxylation is 1. The molecule has 0 radical (unpaired) electrons. The fourth-order valence-corrected chi connectivity index (χ4v) is 3.11. The van der Waals surface area contributed by atoms with Crippen molar-refractivity contribution in [1.29, 1.82) is 0 Å². The summed E-state index contributed by atoms with van der Waals surface area (Å²) >= 11 is 0. The Balaban J connectivity index is 2.01. The van der Waals surface area contributed by atoms with Crippen LogP contribution in [-0.2, 0) is 6.42 Å². The Bertz CT molecular complexity index is 475. The van der Waals surface area contributed by atoms with Crippen molar-refractivity contribution in [3.8, 4) is 5.75 Å². The molecular weight excluding hydrogens is 238 g/mol. The summed E-state index contributed by atoms with van der Waals surface area (Å²) in [5.41, 5.74) is 9.90. The highest BCUT2D eigenvalue weighted by molar-refractivity contribution is 5.63. The van der Waals surface area contributed by atoms with E-state index in [4.69, 9.17) is 10.5 Å². The molecule has 1 aromatic carbocycles. The van der Waals surface area contributed by atoms with Gasteiger partial charge in [-0.1, -0.05) is 6.07 Å². The lowest BCUT2D eigenvalue weighted by atomic mass is 9.96. The Morgan fingerprint density at radius 2 is 2.26 bits per heavy atom. The van der Waals surface area contributed by atoms with E-state index in [0.717, 1.165) is 31.8 Å². The van der Waals surface area contributed by atoms with E-state index in [-0.39, 0.29) is 6.04 Å². The summed E-state index contributed by atoms with van der Waals surface area (Å²) in [4.78, 5) is 2.48. The van der Waals surface area contributed by atoms with Crippen molar-refractivity contribution >= 4 is 5.69 Å². The topological polar surface area (TPSA) is 50.5 Å². The minimum atomic E-state index is 0.117. The van der Waals surface area contributed by atoms with E-state index in [0.29, 0.717) is 12.6 Å². The Hall–Kier alpha value is -1.26. The van der Waals surface area contributed by atoms with E-state index in [1.54, 1.807) is 0 Å². The second-order valence-electron chi connectivity index (χ2n) is 5.73. The van der Waals surface area contributed by atoms with Crippen molar-refractivity contribution in [1.82, 2.24) is 5.32 Å². The van der Waals surface area contributed by atoms with Crippen molar-refractivity contribution in [2.45, 2.75) is 32.4 Å². The molecule has 2 aliphatic heterocycles. The highest BCUT2D eigenvalue weighted by Gasteiger charge is 2.26. The lowest BCUT2D eigenvalue weighted by molar-refractivity contribution is 0.261. The Morgan fingerprint density at radius 1 is 1.42 bits per heavy atom. The molecule has 2 unspecified atom stereocenters. The molecular formula is C15H23N3O. The van der Waals surface area contributed by atoms with Crippen molar-refractivity contribution in [3.05, 3.63) is 23.3 Å². The molecule has 4 heteroatoms. The van der Waals surface area contributed by atoms with E-state index < -0.39 is 0 Å². The number of piperazine rings is 1. The van der Waals surface area contributed by atoms with Crippen LogP contribution in [0.1, 0.15) is 18.1 Å². The van der Waals surface area contributed by atoms with Crippen LogP contribution in [-0.4, -0.2) is 38.3 Å². The maximum Gasteiger partial charge on any atom is 0.127 e. The van der Waals surface area contributed by atoms with Gasteiger partial charge in [-0.15, -0.1) is 0 Å². The van der Waals surface area contributed by atoms with Crippen LogP contribution in [0.2, 0.25) is 0 Å². The third-order valence-corrected chi connectivity index (χ3v) is 4.15. The monoisotopic (exact) mass is 261 g/mol. The summed E-state index contributed by atoms with van der Waals surface area (Å²) in [6, 6.07) is 5.03. The Labute approximate surface area is 114 Å². The molecule has 0 bridgehead atoms.